The van der Waals surface area contributed by atoms with E-state index in [0.717, 1.165) is 41.5 Å². The first-order chi connectivity index (χ1) is 21.6. The van der Waals surface area contributed by atoms with Gasteiger partial charge in [-0.1, -0.05) is 121 Å². The van der Waals surface area contributed by atoms with E-state index in [2.05, 4.69) is 77.7 Å². The van der Waals surface area contributed by atoms with Gasteiger partial charge in [0.25, 0.3) is 0 Å². The molecule has 2 atom stereocenters. The molecule has 1 amide bonds. The minimum absolute atomic E-state index is 0.0260. The van der Waals surface area contributed by atoms with E-state index in [-0.39, 0.29) is 17.9 Å². The smallest absolute Gasteiger partial charge is 0.337 e. The Morgan fingerprint density at radius 1 is 0.705 bits per heavy atom. The van der Waals surface area contributed by atoms with Crippen LogP contribution in [-0.4, -0.2) is 23.9 Å². The van der Waals surface area contributed by atoms with Crippen LogP contribution in [0.15, 0.2) is 133 Å². The van der Waals surface area contributed by atoms with Gasteiger partial charge in [0.15, 0.2) is 0 Å². The third-order valence-electron chi connectivity index (χ3n) is 8.72. The normalized spacial score (nSPS) is 15.7. The lowest BCUT2D eigenvalue weighted by atomic mass is 9.76. The van der Waals surface area contributed by atoms with E-state index in [1.54, 1.807) is 12.1 Å². The van der Waals surface area contributed by atoms with Gasteiger partial charge in [-0.15, -0.1) is 0 Å². The van der Waals surface area contributed by atoms with Crippen molar-refractivity contribution < 1.29 is 14.3 Å². The van der Waals surface area contributed by atoms with Crippen molar-refractivity contribution in [1.29, 1.82) is 0 Å². The molecule has 4 heteroatoms. The second-order valence-electron chi connectivity index (χ2n) is 11.6. The molecule has 0 heterocycles. The maximum absolute atomic E-state index is 14.5. The van der Waals surface area contributed by atoms with Crippen molar-refractivity contribution in [1.82, 2.24) is 4.90 Å². The number of amides is 1. The van der Waals surface area contributed by atoms with Crippen molar-refractivity contribution in [3.8, 4) is 11.1 Å². The fourth-order valence-electron chi connectivity index (χ4n) is 6.53. The number of hydrogen-bond donors (Lipinski definition) is 0. The van der Waals surface area contributed by atoms with Crippen LogP contribution in [0.25, 0.3) is 11.1 Å². The average Bonchev–Trinajstić information content (AvgIpc) is 3.08. The number of ether oxygens (including phenoxy) is 1. The number of fused-ring (bicyclic) bond motifs is 1. The Kier molecular flexibility index (Phi) is 8.98. The summed E-state index contributed by atoms with van der Waals surface area (Å²) in [7, 11) is 1.38. The summed E-state index contributed by atoms with van der Waals surface area (Å²) in [5.74, 6) is 0.0655. The molecule has 0 N–H and O–H groups in total. The van der Waals surface area contributed by atoms with E-state index < -0.39 is 0 Å². The number of carbonyl (C=O) groups is 2. The molecule has 0 unspecified atom stereocenters. The molecule has 0 aromatic heterocycles. The number of methoxy groups -OCH3 is 1. The Morgan fingerprint density at radius 2 is 1.36 bits per heavy atom. The van der Waals surface area contributed by atoms with E-state index in [4.69, 9.17) is 4.74 Å². The van der Waals surface area contributed by atoms with Crippen molar-refractivity contribution in [3.05, 3.63) is 167 Å². The maximum Gasteiger partial charge on any atom is 0.337 e. The molecule has 6 rings (SSSR count). The minimum atomic E-state index is -0.357. The number of carbonyl (C=O) groups excluding carboxylic acids is 2. The molecule has 0 aliphatic heterocycles. The number of esters is 1. The third kappa shape index (κ3) is 6.65. The molecular weight excluding hydrogens is 542 g/mol. The molecule has 0 fully saturated rings. The molecule has 0 saturated carbocycles. The highest BCUT2D eigenvalue weighted by Crippen LogP contribution is 2.41. The second kappa shape index (κ2) is 13.6. The highest BCUT2D eigenvalue weighted by Gasteiger charge is 2.36. The number of nitrogens with zero attached hydrogens (tertiary/aromatic N) is 1. The number of hydrogen-bond acceptors (Lipinski definition) is 3. The first-order valence-electron chi connectivity index (χ1n) is 15.3. The molecule has 44 heavy (non-hydrogen) atoms. The molecule has 1 aliphatic rings. The van der Waals surface area contributed by atoms with Crippen molar-refractivity contribution in [3.63, 3.8) is 0 Å². The van der Waals surface area contributed by atoms with Gasteiger partial charge in [0.2, 0.25) is 5.91 Å². The van der Waals surface area contributed by atoms with E-state index >= 15 is 0 Å². The summed E-state index contributed by atoms with van der Waals surface area (Å²) >= 11 is 0. The monoisotopic (exact) mass is 579 g/mol. The zero-order valence-electron chi connectivity index (χ0n) is 25.1. The zero-order valence-corrected chi connectivity index (χ0v) is 25.1. The molecule has 5 aromatic carbocycles. The van der Waals surface area contributed by atoms with Crippen LogP contribution in [0.4, 0.5) is 0 Å². The van der Waals surface area contributed by atoms with Crippen LogP contribution in [0, 0.1) is 5.92 Å². The van der Waals surface area contributed by atoms with Crippen molar-refractivity contribution >= 4 is 11.9 Å². The molecule has 5 aromatic rings. The van der Waals surface area contributed by atoms with E-state index in [9.17, 15) is 9.59 Å². The third-order valence-corrected chi connectivity index (χ3v) is 8.72. The molecule has 0 bridgehead atoms. The number of benzene rings is 5. The van der Waals surface area contributed by atoms with Crippen LogP contribution in [-0.2, 0) is 35.3 Å². The van der Waals surface area contributed by atoms with Crippen LogP contribution in [0.5, 0.6) is 0 Å². The van der Waals surface area contributed by atoms with Crippen LogP contribution in [0.2, 0.25) is 0 Å². The Balaban J connectivity index is 1.33. The summed E-state index contributed by atoms with van der Waals surface area (Å²) in [6.07, 6.45) is 3.29. The lowest BCUT2D eigenvalue weighted by Gasteiger charge is -2.42. The van der Waals surface area contributed by atoms with Gasteiger partial charge in [-0.3, -0.25) is 4.79 Å². The van der Waals surface area contributed by atoms with E-state index in [1.807, 2.05) is 48.5 Å². The first kappa shape index (κ1) is 29.1. The summed E-state index contributed by atoms with van der Waals surface area (Å²) < 4.78 is 4.84. The molecule has 0 radical (unpaired) electrons. The fourth-order valence-corrected chi connectivity index (χ4v) is 6.53. The molecule has 0 saturated heterocycles. The largest absolute Gasteiger partial charge is 0.465 e. The summed E-state index contributed by atoms with van der Waals surface area (Å²) in [5, 5.41) is 0. The zero-order chi connectivity index (χ0) is 30.3. The molecule has 0 spiro atoms. The van der Waals surface area contributed by atoms with Gasteiger partial charge in [-0.2, -0.15) is 0 Å². The van der Waals surface area contributed by atoms with E-state index in [0.29, 0.717) is 24.4 Å². The summed E-state index contributed by atoms with van der Waals surface area (Å²) in [6.45, 7) is 0.554. The van der Waals surface area contributed by atoms with Gasteiger partial charge in [0.1, 0.15) is 0 Å². The fraction of sp³-hybridized carbons (Fsp3) is 0.200. The minimum Gasteiger partial charge on any atom is -0.465 e. The van der Waals surface area contributed by atoms with Gasteiger partial charge in [-0.25, -0.2) is 4.79 Å². The molecule has 220 valence electrons. The highest BCUT2D eigenvalue weighted by molar-refractivity contribution is 5.90. The summed E-state index contributed by atoms with van der Waals surface area (Å²) in [5.41, 5.74) is 8.50. The van der Waals surface area contributed by atoms with Gasteiger partial charge < -0.3 is 9.64 Å². The predicted octanol–water partition coefficient (Wildman–Crippen LogP) is 8.26. The summed E-state index contributed by atoms with van der Waals surface area (Å²) in [6, 6.07) is 45.2. The SMILES string of the molecule is COC(=O)c1ccc(-c2cccc(CC(=O)N(Cc3ccccc3)[C@@H]3c4ccccc4CC[C@H]3Cc3ccccc3)c2)cc1. The molecule has 4 nitrogen and oxygen atoms in total. The second-order valence-corrected chi connectivity index (χ2v) is 11.6. The topological polar surface area (TPSA) is 46.6 Å². The van der Waals surface area contributed by atoms with Crippen molar-refractivity contribution in [2.45, 2.75) is 38.3 Å². The Hall–Kier alpha value is -4.96. The van der Waals surface area contributed by atoms with Crippen LogP contribution >= 0.6 is 0 Å². The van der Waals surface area contributed by atoms with Crippen molar-refractivity contribution in [2.75, 3.05) is 7.11 Å². The molecule has 1 aliphatic carbocycles. The lowest BCUT2D eigenvalue weighted by Crippen LogP contribution is -2.41. The van der Waals surface area contributed by atoms with Gasteiger partial charge in [0.05, 0.1) is 25.1 Å². The number of rotatable bonds is 9. The Labute approximate surface area is 259 Å². The predicted molar refractivity (Wildman–Crippen MR) is 175 cm³/mol. The number of aryl methyl sites for hydroxylation is 1. The highest BCUT2D eigenvalue weighted by atomic mass is 16.5. The molecular formula is C40H37NO3. The Morgan fingerprint density at radius 3 is 2.09 bits per heavy atom. The van der Waals surface area contributed by atoms with Gasteiger partial charge in [-0.05, 0) is 76.3 Å². The van der Waals surface area contributed by atoms with Crippen molar-refractivity contribution in [2.24, 2.45) is 5.92 Å². The van der Waals surface area contributed by atoms with Crippen LogP contribution in [0.1, 0.15) is 50.6 Å². The van der Waals surface area contributed by atoms with Gasteiger partial charge >= 0.3 is 5.97 Å². The van der Waals surface area contributed by atoms with Gasteiger partial charge in [0, 0.05) is 6.54 Å². The summed E-state index contributed by atoms with van der Waals surface area (Å²) in [4.78, 5) is 28.5. The standard InChI is InChI=1S/C40H37NO3/c1-44-40(43)34-22-19-32(20-23-34)35-17-10-15-31(26-35)27-38(42)41(28-30-13-6-3-7-14-30)39-36(25-29-11-4-2-5-12-29)24-21-33-16-8-9-18-37(33)39/h2-20,22-23,26,36,39H,21,24-25,27-28H2,1H3/t36-,39-/m0/s1. The van der Waals surface area contributed by atoms with E-state index in [1.165, 1.54) is 23.8 Å². The Bertz CT molecular complexity index is 1710. The average molecular weight is 580 g/mol. The lowest BCUT2D eigenvalue weighted by molar-refractivity contribution is -0.135. The quantitative estimate of drug-likeness (QED) is 0.165. The maximum atomic E-state index is 14.5. The van der Waals surface area contributed by atoms with Crippen LogP contribution < -0.4 is 0 Å². The van der Waals surface area contributed by atoms with Crippen LogP contribution in [0.3, 0.4) is 0 Å². The first-order valence-corrected chi connectivity index (χ1v) is 15.3.